The van der Waals surface area contributed by atoms with Gasteiger partial charge in [-0.3, -0.25) is 9.78 Å². The van der Waals surface area contributed by atoms with Gasteiger partial charge in [-0.25, -0.2) is 0 Å². The topological polar surface area (TPSA) is 30.0 Å². The fourth-order valence-electron chi connectivity index (χ4n) is 8.50. The van der Waals surface area contributed by atoms with Crippen LogP contribution >= 0.6 is 0 Å². The van der Waals surface area contributed by atoms with Gasteiger partial charge in [0.15, 0.2) is 5.78 Å². The Kier molecular flexibility index (Phi) is 3.91. The zero-order valence-electron chi connectivity index (χ0n) is 18.8. The number of carbonyl (C=O) groups excluding carboxylic acids is 1. The van der Waals surface area contributed by atoms with Crippen LogP contribution in [0.5, 0.6) is 0 Å². The molecule has 158 valence electrons. The summed E-state index contributed by atoms with van der Waals surface area (Å²) < 4.78 is 0. The van der Waals surface area contributed by atoms with Gasteiger partial charge in [0.25, 0.3) is 0 Å². The lowest BCUT2D eigenvalue weighted by Crippen LogP contribution is -2.56. The van der Waals surface area contributed by atoms with Crippen LogP contribution in [0.3, 0.4) is 0 Å². The summed E-state index contributed by atoms with van der Waals surface area (Å²) in [5, 5.41) is 0. The second-order valence-corrected chi connectivity index (χ2v) is 11.7. The molecule has 0 N–H and O–H groups in total. The molecule has 6 atom stereocenters. The summed E-state index contributed by atoms with van der Waals surface area (Å²) in [6.07, 6.45) is 18.3. The van der Waals surface area contributed by atoms with Crippen molar-refractivity contribution in [3.05, 3.63) is 47.8 Å². The summed E-state index contributed by atoms with van der Waals surface area (Å²) >= 11 is 0. The van der Waals surface area contributed by atoms with E-state index < -0.39 is 0 Å². The normalized spacial score (nSPS) is 45.2. The van der Waals surface area contributed by atoms with Crippen molar-refractivity contribution in [3.63, 3.8) is 0 Å². The van der Waals surface area contributed by atoms with Crippen LogP contribution in [0.2, 0.25) is 0 Å². The van der Waals surface area contributed by atoms with Crippen molar-refractivity contribution in [1.29, 1.82) is 0 Å². The number of pyridine rings is 1. The van der Waals surface area contributed by atoms with Crippen LogP contribution in [0.25, 0.3) is 5.57 Å². The molecule has 1 aromatic rings. The van der Waals surface area contributed by atoms with E-state index in [9.17, 15) is 4.79 Å². The third-order valence-corrected chi connectivity index (χ3v) is 10.6. The van der Waals surface area contributed by atoms with Gasteiger partial charge in [0.05, 0.1) is 0 Å². The molecule has 0 aromatic carbocycles. The number of rotatable bonds is 2. The molecule has 5 aliphatic rings. The highest BCUT2D eigenvalue weighted by Crippen LogP contribution is 2.73. The molecule has 0 bridgehead atoms. The predicted octanol–water partition coefficient (Wildman–Crippen LogP) is 6.63. The Hall–Kier alpha value is -1.70. The molecule has 1 unspecified atom stereocenters. The van der Waals surface area contributed by atoms with E-state index in [0.29, 0.717) is 17.1 Å². The minimum Gasteiger partial charge on any atom is -0.295 e. The SMILES string of the molecule is C[C@]12CCC(=O)C=C1C(C1CC1)C[C@@H]1[C@@H]2CC[C@]2(C)C(c3cccnc3)=CC[C@@]12C. The molecule has 0 radical (unpaired) electrons. The predicted molar refractivity (Wildman–Crippen MR) is 121 cm³/mol. The summed E-state index contributed by atoms with van der Waals surface area (Å²) in [5.41, 5.74) is 5.22. The maximum atomic E-state index is 12.4. The molecule has 3 fully saturated rings. The summed E-state index contributed by atoms with van der Waals surface area (Å²) in [6, 6.07) is 4.34. The Bertz CT molecular complexity index is 956. The number of hydrogen-bond donors (Lipinski definition) is 0. The molecule has 0 spiro atoms. The molecule has 1 heterocycles. The average molecular weight is 402 g/mol. The second kappa shape index (κ2) is 6.17. The maximum absolute atomic E-state index is 12.4. The highest BCUT2D eigenvalue weighted by Gasteiger charge is 2.65. The Labute approximate surface area is 181 Å². The molecule has 0 amide bonds. The molecule has 0 aliphatic heterocycles. The Morgan fingerprint density at radius 3 is 2.63 bits per heavy atom. The van der Waals surface area contributed by atoms with Gasteiger partial charge < -0.3 is 0 Å². The zero-order chi connectivity index (χ0) is 20.7. The van der Waals surface area contributed by atoms with E-state index in [4.69, 9.17) is 0 Å². The fourth-order valence-corrected chi connectivity index (χ4v) is 8.50. The molecule has 30 heavy (non-hydrogen) atoms. The van der Waals surface area contributed by atoms with Gasteiger partial charge in [-0.1, -0.05) is 38.5 Å². The molecule has 2 nitrogen and oxygen atoms in total. The number of aromatic nitrogens is 1. The number of fused-ring (bicyclic) bond motifs is 5. The lowest BCUT2D eigenvalue weighted by atomic mass is 9.40. The molecule has 1 aromatic heterocycles. The third kappa shape index (κ3) is 2.37. The lowest BCUT2D eigenvalue weighted by Gasteiger charge is -2.64. The van der Waals surface area contributed by atoms with Gasteiger partial charge >= 0.3 is 0 Å². The molecule has 0 saturated heterocycles. The van der Waals surface area contributed by atoms with Crippen molar-refractivity contribution < 1.29 is 4.79 Å². The van der Waals surface area contributed by atoms with Crippen molar-refractivity contribution in [2.45, 2.75) is 72.1 Å². The largest absolute Gasteiger partial charge is 0.295 e. The first-order chi connectivity index (χ1) is 14.4. The highest BCUT2D eigenvalue weighted by molar-refractivity contribution is 5.91. The third-order valence-electron chi connectivity index (χ3n) is 10.6. The van der Waals surface area contributed by atoms with Crippen molar-refractivity contribution in [2.24, 2.45) is 39.9 Å². The van der Waals surface area contributed by atoms with E-state index in [-0.39, 0.29) is 10.8 Å². The Morgan fingerprint density at radius 1 is 1.07 bits per heavy atom. The van der Waals surface area contributed by atoms with E-state index in [0.717, 1.165) is 30.6 Å². The van der Waals surface area contributed by atoms with E-state index in [2.05, 4.69) is 56.2 Å². The molecule has 5 aliphatic carbocycles. The molecule has 2 heteroatoms. The maximum Gasteiger partial charge on any atom is 0.155 e. The minimum atomic E-state index is 0.230. The summed E-state index contributed by atoms with van der Waals surface area (Å²) in [7, 11) is 0. The van der Waals surface area contributed by atoms with Crippen LogP contribution in [0.4, 0.5) is 0 Å². The van der Waals surface area contributed by atoms with E-state index in [1.807, 2.05) is 6.20 Å². The van der Waals surface area contributed by atoms with E-state index in [1.54, 1.807) is 11.1 Å². The zero-order valence-corrected chi connectivity index (χ0v) is 18.8. The average Bonchev–Trinajstić information content (AvgIpc) is 3.53. The van der Waals surface area contributed by atoms with Crippen LogP contribution in [-0.2, 0) is 4.79 Å². The number of nitrogens with zero attached hydrogens (tertiary/aromatic N) is 1. The highest BCUT2D eigenvalue weighted by atomic mass is 16.1. The quantitative estimate of drug-likeness (QED) is 0.556. The van der Waals surface area contributed by atoms with Gasteiger partial charge in [0, 0.05) is 18.8 Å². The monoisotopic (exact) mass is 401 g/mol. The first kappa shape index (κ1) is 19.0. The van der Waals surface area contributed by atoms with Gasteiger partial charge in [0.1, 0.15) is 0 Å². The number of ketones is 1. The first-order valence-electron chi connectivity index (χ1n) is 12.2. The van der Waals surface area contributed by atoms with Crippen LogP contribution in [0.15, 0.2) is 42.3 Å². The first-order valence-corrected chi connectivity index (χ1v) is 12.2. The summed E-state index contributed by atoms with van der Waals surface area (Å²) in [4.78, 5) is 16.9. The van der Waals surface area contributed by atoms with E-state index in [1.165, 1.54) is 44.1 Å². The van der Waals surface area contributed by atoms with Crippen molar-refractivity contribution in [1.82, 2.24) is 4.98 Å². The number of carbonyl (C=O) groups is 1. The van der Waals surface area contributed by atoms with Gasteiger partial charge in [0.2, 0.25) is 0 Å². The van der Waals surface area contributed by atoms with Gasteiger partial charge in [-0.05, 0) is 108 Å². The van der Waals surface area contributed by atoms with Crippen molar-refractivity contribution in [3.8, 4) is 0 Å². The van der Waals surface area contributed by atoms with Crippen LogP contribution in [0.1, 0.15) is 77.7 Å². The number of hydrogen-bond acceptors (Lipinski definition) is 2. The number of allylic oxidation sites excluding steroid dienone is 4. The van der Waals surface area contributed by atoms with Crippen LogP contribution < -0.4 is 0 Å². The lowest BCUT2D eigenvalue weighted by molar-refractivity contribution is -0.121. The van der Waals surface area contributed by atoms with Crippen molar-refractivity contribution >= 4 is 11.4 Å². The Morgan fingerprint density at radius 2 is 1.90 bits per heavy atom. The van der Waals surface area contributed by atoms with Crippen LogP contribution in [-0.4, -0.2) is 10.8 Å². The molecule has 6 rings (SSSR count). The standard InChI is InChI=1S/C28H35NO/c1-26-11-8-20(30)15-24(26)21(18-6-7-18)16-25-23(26)10-13-27(2)22(9-12-28(25,27)3)19-5-4-14-29-17-19/h4-5,9,14-15,17-18,21,23,25H,6-8,10-13,16H2,1-3H3/t21?,23-,25+,26+,27+,28-/m0/s1. The van der Waals surface area contributed by atoms with Crippen LogP contribution in [0, 0.1) is 39.9 Å². The van der Waals surface area contributed by atoms with Gasteiger partial charge in [-0.15, -0.1) is 0 Å². The second-order valence-electron chi connectivity index (χ2n) is 11.7. The smallest absolute Gasteiger partial charge is 0.155 e. The molecular formula is C28H35NO. The van der Waals surface area contributed by atoms with Crippen molar-refractivity contribution in [2.75, 3.05) is 0 Å². The van der Waals surface area contributed by atoms with Gasteiger partial charge in [-0.2, -0.15) is 0 Å². The molecular weight excluding hydrogens is 366 g/mol. The Balaban J connectivity index is 1.43. The molecule has 3 saturated carbocycles. The summed E-state index contributed by atoms with van der Waals surface area (Å²) in [6.45, 7) is 7.70. The minimum absolute atomic E-state index is 0.230. The summed E-state index contributed by atoms with van der Waals surface area (Å²) in [5.74, 6) is 3.36. The fraction of sp³-hybridized carbons (Fsp3) is 0.643. The van der Waals surface area contributed by atoms with E-state index >= 15 is 0 Å².